The van der Waals surface area contributed by atoms with Crippen molar-refractivity contribution < 1.29 is 0 Å². The van der Waals surface area contributed by atoms with Crippen molar-refractivity contribution in [3.63, 3.8) is 0 Å². The van der Waals surface area contributed by atoms with Crippen molar-refractivity contribution in [1.82, 2.24) is 9.13 Å². The molecule has 0 amide bonds. The SMILES string of the molecule is CCCC(C)Cn1c(=O)c(N)cn(CC)c1=O. The summed E-state index contributed by atoms with van der Waals surface area (Å²) in [6.07, 6.45) is 3.46. The summed E-state index contributed by atoms with van der Waals surface area (Å²) >= 11 is 0. The third-order valence-corrected chi connectivity index (χ3v) is 2.88. The van der Waals surface area contributed by atoms with Gasteiger partial charge in [0.15, 0.2) is 0 Å². The Labute approximate surface area is 101 Å². The van der Waals surface area contributed by atoms with Crippen molar-refractivity contribution in [2.75, 3.05) is 5.73 Å². The Hall–Kier alpha value is -1.52. The van der Waals surface area contributed by atoms with Gasteiger partial charge in [-0.05, 0) is 19.3 Å². The lowest BCUT2D eigenvalue weighted by Crippen LogP contribution is -2.41. The van der Waals surface area contributed by atoms with Gasteiger partial charge in [-0.15, -0.1) is 0 Å². The average Bonchev–Trinajstić information content (AvgIpc) is 2.29. The second kappa shape index (κ2) is 5.70. The summed E-state index contributed by atoms with van der Waals surface area (Å²) in [5, 5.41) is 0. The smallest absolute Gasteiger partial charge is 0.331 e. The molecule has 0 saturated carbocycles. The van der Waals surface area contributed by atoms with Gasteiger partial charge in [-0.1, -0.05) is 20.3 Å². The van der Waals surface area contributed by atoms with Crippen LogP contribution in [0.3, 0.4) is 0 Å². The minimum atomic E-state index is -0.373. The second-order valence-corrected chi connectivity index (χ2v) is 4.46. The predicted octanol–water partition coefficient (Wildman–Crippen LogP) is 1.05. The van der Waals surface area contributed by atoms with E-state index in [0.717, 1.165) is 12.8 Å². The number of nitrogen functional groups attached to an aromatic ring is 1. The van der Waals surface area contributed by atoms with Crippen LogP contribution in [0.15, 0.2) is 15.8 Å². The quantitative estimate of drug-likeness (QED) is 0.835. The van der Waals surface area contributed by atoms with E-state index in [0.29, 0.717) is 19.0 Å². The van der Waals surface area contributed by atoms with Gasteiger partial charge < -0.3 is 5.73 Å². The van der Waals surface area contributed by atoms with Crippen LogP contribution in [-0.4, -0.2) is 9.13 Å². The van der Waals surface area contributed by atoms with E-state index in [1.165, 1.54) is 15.3 Å². The summed E-state index contributed by atoms with van der Waals surface area (Å²) in [5.74, 6) is 0.303. The molecule has 5 nitrogen and oxygen atoms in total. The van der Waals surface area contributed by atoms with E-state index < -0.39 is 0 Å². The zero-order valence-electron chi connectivity index (χ0n) is 10.8. The van der Waals surface area contributed by atoms with Gasteiger partial charge in [-0.25, -0.2) is 4.79 Å². The van der Waals surface area contributed by atoms with Gasteiger partial charge in [0.25, 0.3) is 5.56 Å². The summed E-state index contributed by atoms with van der Waals surface area (Å²) in [7, 11) is 0. The monoisotopic (exact) mass is 239 g/mol. The Balaban J connectivity index is 3.18. The minimum absolute atomic E-state index is 0.134. The molecule has 0 aliphatic rings. The molecule has 1 heterocycles. The van der Waals surface area contributed by atoms with Crippen molar-refractivity contribution in [2.45, 2.75) is 46.7 Å². The topological polar surface area (TPSA) is 70.0 Å². The highest BCUT2D eigenvalue weighted by molar-refractivity contribution is 5.30. The lowest BCUT2D eigenvalue weighted by atomic mass is 10.1. The number of nitrogens with zero attached hydrogens (tertiary/aromatic N) is 2. The Morgan fingerprint density at radius 3 is 2.53 bits per heavy atom. The highest BCUT2D eigenvalue weighted by Gasteiger charge is 2.11. The van der Waals surface area contributed by atoms with Crippen molar-refractivity contribution in [1.29, 1.82) is 0 Å². The third kappa shape index (κ3) is 2.99. The molecule has 0 bridgehead atoms. The van der Waals surface area contributed by atoms with Crippen molar-refractivity contribution in [2.24, 2.45) is 5.92 Å². The maximum absolute atomic E-state index is 12.0. The molecule has 1 aromatic heterocycles. The fourth-order valence-electron chi connectivity index (χ4n) is 1.96. The molecule has 0 aliphatic heterocycles. The van der Waals surface area contributed by atoms with E-state index >= 15 is 0 Å². The zero-order valence-corrected chi connectivity index (χ0v) is 10.8. The normalized spacial score (nSPS) is 12.6. The highest BCUT2D eigenvalue weighted by atomic mass is 16.2. The Morgan fingerprint density at radius 1 is 1.35 bits per heavy atom. The number of rotatable bonds is 5. The van der Waals surface area contributed by atoms with E-state index in [9.17, 15) is 9.59 Å². The van der Waals surface area contributed by atoms with Crippen LogP contribution in [-0.2, 0) is 13.1 Å². The molecule has 0 fully saturated rings. The first kappa shape index (κ1) is 13.5. The first-order valence-corrected chi connectivity index (χ1v) is 6.11. The van der Waals surface area contributed by atoms with E-state index in [-0.39, 0.29) is 16.9 Å². The molecule has 17 heavy (non-hydrogen) atoms. The summed E-state index contributed by atoms with van der Waals surface area (Å²) < 4.78 is 2.72. The number of nitrogens with two attached hydrogens (primary N) is 1. The van der Waals surface area contributed by atoms with E-state index in [4.69, 9.17) is 5.73 Å². The second-order valence-electron chi connectivity index (χ2n) is 4.46. The van der Waals surface area contributed by atoms with Crippen LogP contribution in [0.2, 0.25) is 0 Å². The van der Waals surface area contributed by atoms with Crippen molar-refractivity contribution >= 4 is 5.69 Å². The Bertz CT molecular complexity index is 488. The first-order chi connectivity index (χ1) is 8.01. The molecule has 1 unspecified atom stereocenters. The van der Waals surface area contributed by atoms with E-state index in [2.05, 4.69) is 6.92 Å². The number of aromatic nitrogens is 2. The summed E-state index contributed by atoms with van der Waals surface area (Å²) in [6, 6.07) is 0. The predicted molar refractivity (Wildman–Crippen MR) is 69.1 cm³/mol. The lowest BCUT2D eigenvalue weighted by molar-refractivity contribution is 0.418. The molecular formula is C12H21N3O2. The van der Waals surface area contributed by atoms with Gasteiger partial charge in [0.2, 0.25) is 0 Å². The molecule has 1 atom stereocenters. The van der Waals surface area contributed by atoms with E-state index in [1.54, 1.807) is 0 Å². The van der Waals surface area contributed by atoms with Crippen LogP contribution in [0.4, 0.5) is 5.69 Å². The van der Waals surface area contributed by atoms with Crippen LogP contribution in [0.25, 0.3) is 0 Å². The summed E-state index contributed by atoms with van der Waals surface area (Å²) in [5.41, 5.74) is 5.12. The molecule has 2 N–H and O–H groups in total. The van der Waals surface area contributed by atoms with Crippen LogP contribution in [0.5, 0.6) is 0 Å². The highest BCUT2D eigenvalue weighted by Crippen LogP contribution is 2.06. The molecule has 0 spiro atoms. The van der Waals surface area contributed by atoms with Crippen LogP contribution < -0.4 is 17.0 Å². The molecule has 0 saturated heterocycles. The average molecular weight is 239 g/mol. The van der Waals surface area contributed by atoms with Crippen molar-refractivity contribution in [3.05, 3.63) is 27.0 Å². The molecule has 1 rings (SSSR count). The minimum Gasteiger partial charge on any atom is -0.393 e. The molecular weight excluding hydrogens is 218 g/mol. The number of hydrogen-bond acceptors (Lipinski definition) is 3. The lowest BCUT2D eigenvalue weighted by Gasteiger charge is -2.14. The number of anilines is 1. The maximum atomic E-state index is 12.0. The standard InChI is InChI=1S/C12H21N3O2/c1-4-6-9(3)7-15-11(16)10(13)8-14(5-2)12(15)17/h8-9H,4-7,13H2,1-3H3. The number of aryl methyl sites for hydroxylation is 1. The van der Waals surface area contributed by atoms with Gasteiger partial charge in [0.1, 0.15) is 5.69 Å². The first-order valence-electron chi connectivity index (χ1n) is 6.11. The molecule has 0 aromatic carbocycles. The number of hydrogen-bond donors (Lipinski definition) is 1. The Kier molecular flexibility index (Phi) is 4.54. The van der Waals surface area contributed by atoms with Gasteiger partial charge in [0.05, 0.1) is 0 Å². The molecule has 0 radical (unpaired) electrons. The third-order valence-electron chi connectivity index (χ3n) is 2.88. The van der Waals surface area contributed by atoms with Gasteiger partial charge in [0, 0.05) is 19.3 Å². The van der Waals surface area contributed by atoms with Crippen molar-refractivity contribution in [3.8, 4) is 0 Å². The summed E-state index contributed by atoms with van der Waals surface area (Å²) in [4.78, 5) is 23.8. The maximum Gasteiger partial charge on any atom is 0.331 e. The van der Waals surface area contributed by atoms with Gasteiger partial charge >= 0.3 is 5.69 Å². The fraction of sp³-hybridized carbons (Fsp3) is 0.667. The Morgan fingerprint density at radius 2 is 2.00 bits per heavy atom. The molecule has 1 aromatic rings. The van der Waals surface area contributed by atoms with Crippen LogP contribution in [0.1, 0.15) is 33.6 Å². The van der Waals surface area contributed by atoms with Crippen LogP contribution >= 0.6 is 0 Å². The van der Waals surface area contributed by atoms with E-state index in [1.807, 2.05) is 13.8 Å². The summed E-state index contributed by atoms with van der Waals surface area (Å²) in [6.45, 7) is 6.94. The fourth-order valence-corrected chi connectivity index (χ4v) is 1.96. The van der Waals surface area contributed by atoms with Gasteiger partial charge in [-0.2, -0.15) is 0 Å². The largest absolute Gasteiger partial charge is 0.393 e. The molecule has 5 heteroatoms. The van der Waals surface area contributed by atoms with Crippen LogP contribution in [0, 0.1) is 5.92 Å². The van der Waals surface area contributed by atoms with Gasteiger partial charge in [-0.3, -0.25) is 13.9 Å². The molecule has 0 aliphatic carbocycles. The zero-order chi connectivity index (χ0) is 13.0. The molecule has 96 valence electrons.